The summed E-state index contributed by atoms with van der Waals surface area (Å²) in [6, 6.07) is 40.3. The maximum Gasteiger partial charge on any atom is 0.164 e. The van der Waals surface area contributed by atoms with Crippen LogP contribution in [0.15, 0.2) is 121 Å². The normalized spacial score (nSPS) is 15.4. The van der Waals surface area contributed by atoms with Gasteiger partial charge in [-0.05, 0) is 74.0 Å². The molecule has 0 radical (unpaired) electrons. The zero-order chi connectivity index (χ0) is 33.4. The van der Waals surface area contributed by atoms with Gasteiger partial charge in [0.15, 0.2) is 11.6 Å². The summed E-state index contributed by atoms with van der Waals surface area (Å²) in [5.74, 6) is -0.989. The molecule has 2 atom stereocenters. The molecule has 0 saturated heterocycles. The van der Waals surface area contributed by atoms with Gasteiger partial charge in [0, 0.05) is 23.4 Å². The lowest BCUT2D eigenvalue weighted by atomic mass is 9.91. The Balaban J connectivity index is 1.41. The van der Waals surface area contributed by atoms with Crippen molar-refractivity contribution in [2.45, 2.75) is 64.5 Å². The van der Waals surface area contributed by atoms with Crippen molar-refractivity contribution in [3.8, 4) is 0 Å². The number of halogens is 2. The summed E-state index contributed by atoms with van der Waals surface area (Å²) < 4.78 is 31.7. The van der Waals surface area contributed by atoms with E-state index in [1.54, 1.807) is 0 Å². The fraction of sp³-hybridized carbons (Fsp3) is 0.227. The Morgan fingerprint density at radius 1 is 0.562 bits per heavy atom. The molecule has 0 aromatic heterocycles. The summed E-state index contributed by atoms with van der Waals surface area (Å²) in [4.78, 5) is 0. The number of para-hydroxylation sites is 1. The van der Waals surface area contributed by atoms with Gasteiger partial charge in [0.1, 0.15) is 0 Å². The summed E-state index contributed by atoms with van der Waals surface area (Å²) in [7, 11) is 0. The Kier molecular flexibility index (Phi) is 8.75. The van der Waals surface area contributed by atoms with Gasteiger partial charge < -0.3 is 10.6 Å². The van der Waals surface area contributed by atoms with Crippen LogP contribution in [0.5, 0.6) is 0 Å². The molecule has 0 amide bonds. The first-order valence-corrected chi connectivity index (χ1v) is 17.0. The van der Waals surface area contributed by atoms with Gasteiger partial charge in [0.2, 0.25) is 0 Å². The molecule has 1 aliphatic carbocycles. The predicted molar refractivity (Wildman–Crippen MR) is 196 cm³/mol. The van der Waals surface area contributed by atoms with Crippen molar-refractivity contribution in [2.24, 2.45) is 0 Å². The molecule has 2 unspecified atom stereocenters. The fourth-order valence-corrected chi connectivity index (χ4v) is 7.47. The Labute approximate surface area is 282 Å². The quantitative estimate of drug-likeness (QED) is 0.156. The van der Waals surface area contributed by atoms with Crippen molar-refractivity contribution >= 4 is 22.1 Å². The lowest BCUT2D eigenvalue weighted by molar-refractivity contribution is 0.499. The van der Waals surface area contributed by atoms with Gasteiger partial charge in [0.05, 0.1) is 12.1 Å². The Morgan fingerprint density at radius 3 is 1.60 bits per heavy atom. The number of nitrogens with one attached hydrogen (secondary N) is 2. The van der Waals surface area contributed by atoms with Crippen molar-refractivity contribution in [3.05, 3.63) is 177 Å². The van der Waals surface area contributed by atoms with Crippen molar-refractivity contribution in [2.75, 3.05) is 10.6 Å². The van der Waals surface area contributed by atoms with E-state index >= 15 is 8.78 Å². The average Bonchev–Trinajstić information content (AvgIpc) is 3.39. The molecule has 2 N–H and O–H groups in total. The molecular formula is C44H42F2N2. The van der Waals surface area contributed by atoms with E-state index in [-0.39, 0.29) is 18.5 Å². The predicted octanol–water partition coefficient (Wildman–Crippen LogP) is 11.9. The van der Waals surface area contributed by atoms with E-state index in [1.165, 1.54) is 33.5 Å². The standard InChI is InChI=1S/C44H42F2N2/c1-27(2)33-20-13-21-34(28(3)4)42(33)48-44-36-23-12-19-31-18-11-22-35(39(31)36)43(44)47-41-32(24-29-14-7-5-8-15-29)26-38(45)40(46)37(41)25-30-16-9-6-10-17-30/h5-23,26-28,43-44,47-48H,24-25H2,1-4H3. The minimum absolute atomic E-state index is 0.161. The molecule has 0 heterocycles. The SMILES string of the molecule is CC(C)c1cccc(C(C)C)c1NC1c2cccc3cccc(c23)C1Nc1c(Cc2ccccc2)cc(F)c(F)c1Cc1ccccc1. The highest BCUT2D eigenvalue weighted by molar-refractivity contribution is 5.93. The zero-order valence-electron chi connectivity index (χ0n) is 28.0. The first kappa shape index (κ1) is 31.6. The van der Waals surface area contributed by atoms with Gasteiger partial charge in [-0.25, -0.2) is 8.78 Å². The highest BCUT2D eigenvalue weighted by atomic mass is 19.2. The third-order valence-corrected chi connectivity index (χ3v) is 9.80. The summed E-state index contributed by atoms with van der Waals surface area (Å²) >= 11 is 0. The first-order chi connectivity index (χ1) is 23.3. The molecule has 4 heteroatoms. The number of anilines is 2. The lowest BCUT2D eigenvalue weighted by Crippen LogP contribution is -2.24. The highest BCUT2D eigenvalue weighted by Crippen LogP contribution is 2.49. The van der Waals surface area contributed by atoms with Crippen LogP contribution >= 0.6 is 0 Å². The van der Waals surface area contributed by atoms with Crippen LogP contribution in [0, 0.1) is 11.6 Å². The van der Waals surface area contributed by atoms with Gasteiger partial charge in [0.25, 0.3) is 0 Å². The molecule has 0 spiro atoms. The molecule has 242 valence electrons. The van der Waals surface area contributed by atoms with Gasteiger partial charge in [-0.15, -0.1) is 0 Å². The molecule has 6 aromatic rings. The van der Waals surface area contributed by atoms with E-state index in [9.17, 15) is 0 Å². The van der Waals surface area contributed by atoms with Gasteiger partial charge in [-0.2, -0.15) is 0 Å². The molecule has 1 aliphatic rings. The molecule has 48 heavy (non-hydrogen) atoms. The monoisotopic (exact) mass is 636 g/mol. The van der Waals surface area contributed by atoms with E-state index in [1.807, 2.05) is 60.7 Å². The minimum atomic E-state index is -0.823. The molecular weight excluding hydrogens is 594 g/mol. The lowest BCUT2D eigenvalue weighted by Gasteiger charge is -2.31. The third-order valence-electron chi connectivity index (χ3n) is 9.80. The van der Waals surface area contributed by atoms with Crippen LogP contribution in [-0.4, -0.2) is 0 Å². The van der Waals surface area contributed by atoms with Crippen LogP contribution in [0.4, 0.5) is 20.2 Å². The maximum atomic E-state index is 16.1. The molecule has 0 bridgehead atoms. The summed E-state index contributed by atoms with van der Waals surface area (Å²) in [6.45, 7) is 8.93. The van der Waals surface area contributed by atoms with E-state index in [4.69, 9.17) is 0 Å². The Hall–Kier alpha value is -4.96. The van der Waals surface area contributed by atoms with Crippen LogP contribution in [0.3, 0.4) is 0 Å². The highest BCUT2D eigenvalue weighted by Gasteiger charge is 2.37. The second-order valence-corrected chi connectivity index (χ2v) is 13.7. The fourth-order valence-electron chi connectivity index (χ4n) is 7.47. The van der Waals surface area contributed by atoms with Crippen molar-refractivity contribution in [3.63, 3.8) is 0 Å². The molecule has 2 nitrogen and oxygen atoms in total. The van der Waals surface area contributed by atoms with E-state index < -0.39 is 11.6 Å². The topological polar surface area (TPSA) is 24.1 Å². The maximum absolute atomic E-state index is 16.1. The minimum Gasteiger partial charge on any atom is -0.375 e. The smallest absolute Gasteiger partial charge is 0.164 e. The van der Waals surface area contributed by atoms with E-state index in [0.29, 0.717) is 29.5 Å². The first-order valence-electron chi connectivity index (χ1n) is 17.0. The van der Waals surface area contributed by atoms with Crippen LogP contribution in [0.25, 0.3) is 10.8 Å². The molecule has 0 saturated carbocycles. The molecule has 7 rings (SSSR count). The zero-order valence-corrected chi connectivity index (χ0v) is 28.0. The van der Waals surface area contributed by atoms with E-state index in [0.717, 1.165) is 27.9 Å². The van der Waals surface area contributed by atoms with Crippen LogP contribution in [0.2, 0.25) is 0 Å². The van der Waals surface area contributed by atoms with Gasteiger partial charge in [-0.1, -0.05) is 143 Å². The van der Waals surface area contributed by atoms with Gasteiger partial charge in [-0.3, -0.25) is 0 Å². The second-order valence-electron chi connectivity index (χ2n) is 13.7. The molecule has 6 aromatic carbocycles. The van der Waals surface area contributed by atoms with Crippen molar-refractivity contribution in [1.82, 2.24) is 0 Å². The summed E-state index contributed by atoms with van der Waals surface area (Å²) in [6.07, 6.45) is 0.738. The third kappa shape index (κ3) is 5.96. The van der Waals surface area contributed by atoms with Crippen molar-refractivity contribution in [1.29, 1.82) is 0 Å². The van der Waals surface area contributed by atoms with Crippen molar-refractivity contribution < 1.29 is 8.78 Å². The van der Waals surface area contributed by atoms with Crippen LogP contribution in [0.1, 0.15) is 96.1 Å². The van der Waals surface area contributed by atoms with Crippen LogP contribution in [-0.2, 0) is 12.8 Å². The molecule has 0 aliphatic heterocycles. The number of benzene rings is 6. The van der Waals surface area contributed by atoms with Gasteiger partial charge >= 0.3 is 0 Å². The van der Waals surface area contributed by atoms with E-state index in [2.05, 4.69) is 92.9 Å². The number of hydrogen-bond donors (Lipinski definition) is 2. The number of rotatable bonds is 10. The summed E-state index contributed by atoms with van der Waals surface area (Å²) in [5, 5.41) is 10.3. The number of hydrogen-bond acceptors (Lipinski definition) is 2. The Bertz CT molecular complexity index is 2040. The average molecular weight is 637 g/mol. The summed E-state index contributed by atoms with van der Waals surface area (Å²) in [5.41, 5.74) is 9.74. The largest absolute Gasteiger partial charge is 0.375 e. The Morgan fingerprint density at radius 2 is 1.06 bits per heavy atom. The van der Waals surface area contributed by atoms with Crippen LogP contribution < -0.4 is 10.6 Å². The molecule has 0 fully saturated rings. The second kappa shape index (κ2) is 13.3.